The highest BCUT2D eigenvalue weighted by molar-refractivity contribution is 7.84. The zero-order chi connectivity index (χ0) is 33.8. The van der Waals surface area contributed by atoms with E-state index in [9.17, 15) is 18.0 Å². The largest absolute Gasteiger partial charge is 0.370 e. The van der Waals surface area contributed by atoms with Crippen LogP contribution < -0.4 is 25.4 Å². The first kappa shape index (κ1) is 35.4. The summed E-state index contributed by atoms with van der Waals surface area (Å²) in [7, 11) is -2.72. The first-order valence-corrected chi connectivity index (χ1v) is 16.6. The topological polar surface area (TPSA) is 145 Å². The lowest BCUT2D eigenvalue weighted by molar-refractivity contribution is -0.114. The van der Waals surface area contributed by atoms with E-state index in [1.54, 1.807) is 24.3 Å². The molecule has 3 aromatic carbocycles. The van der Waals surface area contributed by atoms with Crippen LogP contribution in [0.1, 0.15) is 19.4 Å². The van der Waals surface area contributed by atoms with Gasteiger partial charge >= 0.3 is 10.3 Å². The minimum Gasteiger partial charge on any atom is -0.370 e. The first-order valence-electron chi connectivity index (χ1n) is 13.6. The summed E-state index contributed by atoms with van der Waals surface area (Å²) in [6, 6.07) is 13.0. The molecule has 0 bridgehead atoms. The fraction of sp³-hybridized carbons (Fsp3) is 0.241. The third-order valence-electron chi connectivity index (χ3n) is 6.59. The van der Waals surface area contributed by atoms with Gasteiger partial charge < -0.3 is 10.2 Å². The van der Waals surface area contributed by atoms with E-state index in [0.29, 0.717) is 24.5 Å². The number of anilines is 3. The Bertz CT molecular complexity index is 1830. The molecule has 1 heterocycles. The number of aryl methyl sites for hydroxylation is 1. The van der Waals surface area contributed by atoms with Crippen LogP contribution in [0, 0.1) is 6.92 Å². The Labute approximate surface area is 286 Å². The van der Waals surface area contributed by atoms with E-state index >= 15 is 0 Å². The molecule has 0 spiro atoms. The van der Waals surface area contributed by atoms with E-state index < -0.39 is 16.2 Å². The number of nitrogens with one attached hydrogen (secondary N) is 3. The van der Waals surface area contributed by atoms with Crippen molar-refractivity contribution < 1.29 is 22.2 Å². The van der Waals surface area contributed by atoms with Crippen LogP contribution in [0.3, 0.4) is 0 Å². The highest BCUT2D eigenvalue weighted by Crippen LogP contribution is 2.38. The molecule has 244 valence electrons. The van der Waals surface area contributed by atoms with Gasteiger partial charge in [-0.1, -0.05) is 46.4 Å². The molecule has 0 saturated carbocycles. The van der Waals surface area contributed by atoms with Gasteiger partial charge in [0.1, 0.15) is 5.69 Å². The van der Waals surface area contributed by atoms with E-state index in [2.05, 4.69) is 29.6 Å². The van der Waals surface area contributed by atoms with Crippen molar-refractivity contribution in [2.24, 2.45) is 9.98 Å². The maximum Gasteiger partial charge on any atom is 0.335 e. The Morgan fingerprint density at radius 3 is 2.30 bits per heavy atom. The number of rotatable bonds is 11. The van der Waals surface area contributed by atoms with Crippen molar-refractivity contribution in [3.05, 3.63) is 74.2 Å². The van der Waals surface area contributed by atoms with Gasteiger partial charge in [-0.25, -0.2) is 15.0 Å². The third-order valence-corrected chi connectivity index (χ3v) is 8.70. The van der Waals surface area contributed by atoms with Crippen LogP contribution in [-0.2, 0) is 24.1 Å². The number of hydrazine groups is 1. The normalized spacial score (nSPS) is 15.0. The average molecular weight is 729 g/mol. The van der Waals surface area contributed by atoms with Gasteiger partial charge in [-0.3, -0.25) is 19.2 Å². The van der Waals surface area contributed by atoms with Gasteiger partial charge in [0, 0.05) is 43.0 Å². The molecule has 0 radical (unpaired) electrons. The van der Waals surface area contributed by atoms with Crippen LogP contribution in [0.2, 0.25) is 20.1 Å². The minimum absolute atomic E-state index is 0.0399. The lowest BCUT2D eigenvalue weighted by atomic mass is 10.1. The highest BCUT2D eigenvalue weighted by atomic mass is 35.5. The summed E-state index contributed by atoms with van der Waals surface area (Å²) in [6.45, 7) is 6.23. The van der Waals surface area contributed by atoms with Gasteiger partial charge in [-0.15, -0.1) is 0 Å². The summed E-state index contributed by atoms with van der Waals surface area (Å²) >= 11 is 25.4. The molecular formula is C29H29Cl4N7O5S. The molecular weight excluding hydrogens is 700 g/mol. The smallest absolute Gasteiger partial charge is 0.335 e. The van der Waals surface area contributed by atoms with Gasteiger partial charge in [-0.05, 0) is 67.9 Å². The summed E-state index contributed by atoms with van der Waals surface area (Å²) in [5.74, 6) is -0.853. The van der Waals surface area contributed by atoms with Crippen molar-refractivity contribution in [2.75, 3.05) is 42.0 Å². The van der Waals surface area contributed by atoms with E-state index in [-0.39, 0.29) is 55.5 Å². The Hall–Kier alpha value is -3.43. The SMILES string of the molecule is CCN(CCNS(=O)(=O)OC)c1ccc(N=C2C(=O)N(c3c(Cl)cc(Cl)cc3Cl)NC2=Nc2cc(NC(C)=O)ccc2Cl)c(C)c1. The van der Waals surface area contributed by atoms with Crippen LogP contribution in [0.15, 0.2) is 58.5 Å². The van der Waals surface area contributed by atoms with Crippen molar-refractivity contribution in [3.63, 3.8) is 0 Å². The predicted octanol–water partition coefficient (Wildman–Crippen LogP) is 6.23. The zero-order valence-corrected chi connectivity index (χ0v) is 28.8. The highest BCUT2D eigenvalue weighted by Gasteiger charge is 2.37. The van der Waals surface area contributed by atoms with Gasteiger partial charge in [0.25, 0.3) is 5.91 Å². The molecule has 1 aliphatic rings. The Morgan fingerprint density at radius 2 is 1.70 bits per heavy atom. The molecule has 17 heteroatoms. The number of amides is 2. The van der Waals surface area contributed by atoms with Gasteiger partial charge in [0.05, 0.1) is 33.6 Å². The molecule has 0 atom stereocenters. The first-order chi connectivity index (χ1) is 21.7. The second-order valence-corrected chi connectivity index (χ2v) is 13.0. The standard InChI is InChI=1S/C29H29Cl4N7O5S/c1-5-39(11-10-34-46(43,44)45-4)20-7-9-24(16(2)12-20)36-26-28(37-25-15-19(35-17(3)41)6-8-21(25)31)38-40(29(26)42)27-22(32)13-18(30)14-23(27)33/h6-9,12-15,34H,5,10-11H2,1-4H3,(H,35,41)(H,37,38). The number of likely N-dealkylation sites (N-methyl/N-ethyl adjacent to an activating group) is 1. The van der Waals surface area contributed by atoms with Gasteiger partial charge in [-0.2, -0.15) is 13.1 Å². The van der Waals surface area contributed by atoms with Gasteiger partial charge in [0.2, 0.25) is 5.91 Å². The summed E-state index contributed by atoms with van der Waals surface area (Å²) in [5, 5.41) is 4.55. The Balaban J connectivity index is 1.76. The molecule has 0 aliphatic carbocycles. The molecule has 0 unspecified atom stereocenters. The number of aliphatic imine (C=N–C) groups is 2. The molecule has 0 aromatic heterocycles. The average Bonchev–Trinajstić information content (AvgIpc) is 3.27. The van der Waals surface area contributed by atoms with Crippen LogP contribution in [0.5, 0.6) is 0 Å². The molecule has 1 fully saturated rings. The maximum absolute atomic E-state index is 13.9. The van der Waals surface area contributed by atoms with Crippen molar-refractivity contribution in [3.8, 4) is 0 Å². The number of benzene rings is 3. The van der Waals surface area contributed by atoms with E-state index in [4.69, 9.17) is 46.4 Å². The number of carbonyl (C=O) groups is 2. The lowest BCUT2D eigenvalue weighted by Crippen LogP contribution is -2.36. The maximum atomic E-state index is 13.9. The van der Waals surface area contributed by atoms with E-state index in [1.807, 2.05) is 30.9 Å². The molecule has 46 heavy (non-hydrogen) atoms. The monoisotopic (exact) mass is 727 g/mol. The molecule has 3 aromatic rings. The van der Waals surface area contributed by atoms with Crippen LogP contribution in [0.4, 0.5) is 28.4 Å². The number of amidine groups is 1. The molecule has 2 amide bonds. The summed E-state index contributed by atoms with van der Waals surface area (Å²) in [6.07, 6.45) is 0. The minimum atomic E-state index is -3.81. The number of nitrogens with zero attached hydrogens (tertiary/aromatic N) is 4. The van der Waals surface area contributed by atoms with Crippen LogP contribution in [-0.4, -0.2) is 58.5 Å². The van der Waals surface area contributed by atoms with Crippen molar-refractivity contribution in [2.45, 2.75) is 20.8 Å². The molecule has 1 saturated heterocycles. The molecule has 3 N–H and O–H groups in total. The number of carbonyl (C=O) groups excluding carboxylic acids is 2. The predicted molar refractivity (Wildman–Crippen MR) is 185 cm³/mol. The van der Waals surface area contributed by atoms with Crippen molar-refractivity contribution in [1.82, 2.24) is 10.1 Å². The Morgan fingerprint density at radius 1 is 1.00 bits per heavy atom. The fourth-order valence-electron chi connectivity index (χ4n) is 4.42. The molecule has 12 nitrogen and oxygen atoms in total. The second kappa shape index (κ2) is 15.0. The van der Waals surface area contributed by atoms with E-state index in [1.165, 1.54) is 19.1 Å². The zero-order valence-electron chi connectivity index (χ0n) is 25.0. The fourth-order valence-corrected chi connectivity index (χ4v) is 6.02. The number of halogens is 4. The van der Waals surface area contributed by atoms with E-state index in [0.717, 1.165) is 23.4 Å². The van der Waals surface area contributed by atoms with Gasteiger partial charge in [0.15, 0.2) is 11.5 Å². The van der Waals surface area contributed by atoms with Crippen LogP contribution in [0.25, 0.3) is 0 Å². The summed E-state index contributed by atoms with van der Waals surface area (Å²) < 4.78 is 30.0. The Kier molecular flexibility index (Phi) is 11.5. The quantitative estimate of drug-likeness (QED) is 0.212. The van der Waals surface area contributed by atoms with Crippen molar-refractivity contribution in [1.29, 1.82) is 0 Å². The molecule has 1 aliphatic heterocycles. The number of hydrogen-bond acceptors (Lipinski definition) is 8. The van der Waals surface area contributed by atoms with Crippen molar-refractivity contribution >= 4 is 109 Å². The summed E-state index contributed by atoms with van der Waals surface area (Å²) in [4.78, 5) is 36.8. The van der Waals surface area contributed by atoms with Crippen LogP contribution >= 0.6 is 46.4 Å². The summed E-state index contributed by atoms with van der Waals surface area (Å²) in [5.41, 5.74) is 5.70. The third kappa shape index (κ3) is 8.48. The number of hydrogen-bond donors (Lipinski definition) is 3. The lowest BCUT2D eigenvalue weighted by Gasteiger charge is -2.24. The second-order valence-electron chi connectivity index (χ2n) is 9.80. The molecule has 4 rings (SSSR count).